The molecule has 0 amide bonds. The van der Waals surface area contributed by atoms with Crippen molar-refractivity contribution in [2.24, 2.45) is 0 Å². The summed E-state index contributed by atoms with van der Waals surface area (Å²) in [6.07, 6.45) is 2.22. The van der Waals surface area contributed by atoms with Gasteiger partial charge in [-0.15, -0.1) is 0 Å². The normalized spacial score (nSPS) is 19.2. The van der Waals surface area contributed by atoms with Crippen molar-refractivity contribution >= 4 is 29.6 Å². The van der Waals surface area contributed by atoms with Gasteiger partial charge < -0.3 is 14.0 Å². The highest BCUT2D eigenvalue weighted by Gasteiger charge is 2.52. The number of fused-ring (bicyclic) bond motifs is 1. The zero-order valence-electron chi connectivity index (χ0n) is 16.2. The van der Waals surface area contributed by atoms with E-state index in [1.54, 1.807) is 26.8 Å². The summed E-state index contributed by atoms with van der Waals surface area (Å²) in [7, 11) is -0.815. The molecular formula is C18H24BFN2O4. The zero-order valence-corrected chi connectivity index (χ0v) is 16.2. The summed E-state index contributed by atoms with van der Waals surface area (Å²) < 4.78 is 33.3. The third-order valence-corrected chi connectivity index (χ3v) is 4.80. The Bertz CT molecular complexity index is 854. The number of hydrogen-bond donors (Lipinski definition) is 0. The Morgan fingerprint density at radius 2 is 1.81 bits per heavy atom. The van der Waals surface area contributed by atoms with Gasteiger partial charge in [-0.3, -0.25) is 4.57 Å². The Morgan fingerprint density at radius 1 is 1.23 bits per heavy atom. The molecule has 0 N–H and O–H groups in total. The number of pyridine rings is 1. The SMILES string of the molecule is CC(C)(C)OC(=O)n1cc(B2OC(C)(C)C(C)(C)O2)c2c(F)nccc21. The predicted molar refractivity (Wildman–Crippen MR) is 97.0 cm³/mol. The molecule has 0 spiro atoms. The molecule has 1 aliphatic rings. The molecule has 6 nitrogen and oxygen atoms in total. The highest BCUT2D eigenvalue weighted by Crippen LogP contribution is 2.37. The topological polar surface area (TPSA) is 62.6 Å². The summed E-state index contributed by atoms with van der Waals surface area (Å²) in [5.74, 6) is -0.686. The smallest absolute Gasteiger partial charge is 0.443 e. The first-order valence-electron chi connectivity index (χ1n) is 8.57. The van der Waals surface area contributed by atoms with E-state index in [2.05, 4.69) is 4.98 Å². The van der Waals surface area contributed by atoms with Crippen LogP contribution in [-0.2, 0) is 14.0 Å². The number of carbonyl (C=O) groups excluding carboxylic acids is 1. The first-order valence-corrected chi connectivity index (χ1v) is 8.57. The molecule has 8 heteroatoms. The second kappa shape index (κ2) is 5.79. The molecule has 1 aliphatic heterocycles. The zero-order chi connectivity index (χ0) is 19.5. The van der Waals surface area contributed by atoms with Crippen LogP contribution < -0.4 is 5.46 Å². The standard InChI is InChI=1S/C18H24BFN2O4/c1-16(2,3)24-15(23)22-10-11(13-12(22)8-9-21-14(13)20)19-25-17(4,5)18(6,7)26-19/h8-10H,1-7H3. The molecule has 0 saturated carbocycles. The molecule has 140 valence electrons. The van der Waals surface area contributed by atoms with Crippen LogP contribution in [0.3, 0.4) is 0 Å². The van der Waals surface area contributed by atoms with Crippen LogP contribution >= 0.6 is 0 Å². The molecule has 0 bridgehead atoms. The number of halogens is 1. The van der Waals surface area contributed by atoms with E-state index in [0.717, 1.165) is 0 Å². The van der Waals surface area contributed by atoms with E-state index >= 15 is 0 Å². The molecule has 2 aromatic heterocycles. The summed E-state index contributed by atoms with van der Waals surface area (Å²) in [5.41, 5.74) is -1.08. The lowest BCUT2D eigenvalue weighted by Crippen LogP contribution is -2.41. The van der Waals surface area contributed by atoms with Crippen LogP contribution in [0.4, 0.5) is 9.18 Å². The predicted octanol–water partition coefficient (Wildman–Crippen LogP) is 3.26. The molecule has 1 fully saturated rings. The van der Waals surface area contributed by atoms with Crippen LogP contribution in [0.5, 0.6) is 0 Å². The molecule has 0 atom stereocenters. The van der Waals surface area contributed by atoms with Crippen LogP contribution in [0.25, 0.3) is 10.9 Å². The fourth-order valence-corrected chi connectivity index (χ4v) is 2.78. The molecule has 3 heterocycles. The Labute approximate surface area is 152 Å². The van der Waals surface area contributed by atoms with Crippen LogP contribution in [-0.4, -0.2) is 39.6 Å². The number of nitrogens with zero attached hydrogens (tertiary/aromatic N) is 2. The lowest BCUT2D eigenvalue weighted by atomic mass is 9.79. The monoisotopic (exact) mass is 362 g/mol. The van der Waals surface area contributed by atoms with Gasteiger partial charge in [0.15, 0.2) is 0 Å². The quantitative estimate of drug-likeness (QED) is 0.576. The van der Waals surface area contributed by atoms with Crippen molar-refractivity contribution in [1.82, 2.24) is 9.55 Å². The van der Waals surface area contributed by atoms with E-state index in [0.29, 0.717) is 11.0 Å². The minimum atomic E-state index is -0.815. The van der Waals surface area contributed by atoms with Crippen molar-refractivity contribution in [2.45, 2.75) is 65.3 Å². The summed E-state index contributed by atoms with van der Waals surface area (Å²) >= 11 is 0. The summed E-state index contributed by atoms with van der Waals surface area (Å²) in [5, 5.41) is 0.192. The van der Waals surface area contributed by atoms with Gasteiger partial charge in [0.2, 0.25) is 5.95 Å². The van der Waals surface area contributed by atoms with Gasteiger partial charge >= 0.3 is 13.2 Å². The van der Waals surface area contributed by atoms with Gasteiger partial charge in [0.1, 0.15) is 5.60 Å². The number of hydrogen-bond acceptors (Lipinski definition) is 5. The Morgan fingerprint density at radius 3 is 2.35 bits per heavy atom. The first-order chi connectivity index (χ1) is 11.8. The van der Waals surface area contributed by atoms with Crippen molar-refractivity contribution < 1.29 is 23.2 Å². The van der Waals surface area contributed by atoms with Gasteiger partial charge in [0.05, 0.1) is 22.1 Å². The van der Waals surface area contributed by atoms with Gasteiger partial charge in [-0.1, -0.05) is 0 Å². The third-order valence-electron chi connectivity index (χ3n) is 4.80. The van der Waals surface area contributed by atoms with Gasteiger partial charge in [0, 0.05) is 17.9 Å². The number of carbonyl (C=O) groups is 1. The molecule has 0 unspecified atom stereocenters. The molecule has 0 aliphatic carbocycles. The average Bonchev–Trinajstić information content (AvgIpc) is 2.94. The van der Waals surface area contributed by atoms with Crippen LogP contribution in [0.2, 0.25) is 0 Å². The Balaban J connectivity index is 2.12. The Hall–Kier alpha value is -1.93. The molecule has 2 aromatic rings. The highest BCUT2D eigenvalue weighted by molar-refractivity contribution is 6.65. The lowest BCUT2D eigenvalue weighted by molar-refractivity contribution is 0.00578. The maximum atomic E-state index is 14.5. The van der Waals surface area contributed by atoms with E-state index in [4.69, 9.17) is 14.0 Å². The number of rotatable bonds is 1. The van der Waals surface area contributed by atoms with Crippen molar-refractivity contribution in [3.05, 3.63) is 24.4 Å². The lowest BCUT2D eigenvalue weighted by Gasteiger charge is -2.32. The van der Waals surface area contributed by atoms with E-state index in [-0.39, 0.29) is 5.39 Å². The van der Waals surface area contributed by atoms with Crippen molar-refractivity contribution in [1.29, 1.82) is 0 Å². The second-order valence-electron chi connectivity index (χ2n) is 8.52. The van der Waals surface area contributed by atoms with Gasteiger partial charge in [-0.05, 0) is 54.5 Å². The molecule has 3 rings (SSSR count). The molecular weight excluding hydrogens is 338 g/mol. The molecule has 1 saturated heterocycles. The summed E-state index contributed by atoms with van der Waals surface area (Å²) in [4.78, 5) is 16.3. The van der Waals surface area contributed by atoms with Gasteiger partial charge in [0.25, 0.3) is 0 Å². The molecule has 0 radical (unpaired) electrons. The maximum absolute atomic E-state index is 14.5. The van der Waals surface area contributed by atoms with Gasteiger partial charge in [-0.2, -0.15) is 4.39 Å². The second-order valence-corrected chi connectivity index (χ2v) is 8.52. The fraction of sp³-hybridized carbons (Fsp3) is 0.556. The largest absolute Gasteiger partial charge is 0.497 e. The van der Waals surface area contributed by atoms with Crippen molar-refractivity contribution in [2.75, 3.05) is 0 Å². The number of ether oxygens (including phenoxy) is 1. The fourth-order valence-electron chi connectivity index (χ4n) is 2.78. The van der Waals surface area contributed by atoms with Crippen LogP contribution in [0.15, 0.2) is 18.5 Å². The van der Waals surface area contributed by atoms with Crippen LogP contribution in [0.1, 0.15) is 48.5 Å². The van der Waals surface area contributed by atoms with Gasteiger partial charge in [-0.25, -0.2) is 9.78 Å². The maximum Gasteiger partial charge on any atom is 0.497 e. The summed E-state index contributed by atoms with van der Waals surface area (Å²) in [6, 6.07) is 1.57. The van der Waals surface area contributed by atoms with E-state index in [9.17, 15) is 9.18 Å². The molecule has 0 aromatic carbocycles. The third kappa shape index (κ3) is 3.12. The van der Waals surface area contributed by atoms with E-state index < -0.39 is 36.0 Å². The van der Waals surface area contributed by atoms with Crippen molar-refractivity contribution in [3.8, 4) is 0 Å². The highest BCUT2D eigenvalue weighted by atomic mass is 19.1. The summed E-state index contributed by atoms with van der Waals surface area (Å²) in [6.45, 7) is 13.0. The Kier molecular flexibility index (Phi) is 4.20. The first kappa shape index (κ1) is 18.9. The minimum absolute atomic E-state index is 0.192. The van der Waals surface area contributed by atoms with Crippen molar-refractivity contribution in [3.63, 3.8) is 0 Å². The van der Waals surface area contributed by atoms with Crippen LogP contribution in [0, 0.1) is 5.95 Å². The molecule has 26 heavy (non-hydrogen) atoms. The van der Waals surface area contributed by atoms with E-state index in [1.165, 1.54) is 17.0 Å². The number of aromatic nitrogens is 2. The average molecular weight is 362 g/mol. The minimum Gasteiger partial charge on any atom is -0.443 e. The van der Waals surface area contributed by atoms with E-state index in [1.807, 2.05) is 27.7 Å².